The number of nitrogens with two attached hydrogens (primary N) is 8. The molecule has 0 amide bonds. The molecule has 0 spiro atoms. The second-order valence-corrected chi connectivity index (χ2v) is 21.5. The molecule has 0 radical (unpaired) electrons. The fraction of sp³-hybridized carbons (Fsp3) is 0.294. The van der Waals surface area contributed by atoms with Gasteiger partial charge >= 0.3 is 0 Å². The normalized spacial score (nSPS) is 11.9. The Morgan fingerprint density at radius 2 is 0.517 bits per heavy atom. The van der Waals surface area contributed by atoms with E-state index in [0.717, 1.165) is 138 Å². The minimum atomic E-state index is -0.890. The van der Waals surface area contributed by atoms with Crippen molar-refractivity contribution < 1.29 is 25.5 Å². The molecule has 0 aliphatic rings. The third-order valence-electron chi connectivity index (χ3n) is 13.9. The largest absolute Gasteiger partial charge is 0.399 e. The number of hydrogen-bond acceptors (Lipinski definition) is 21. The number of aliphatic hydroxyl groups is 5. The van der Waals surface area contributed by atoms with Gasteiger partial charge in [-0.1, -0.05) is 0 Å². The standard InChI is InChI=1S/C18H26N4O.2C17H24N4O.C16H22N4O2/c19-14-4-8-16(9-5-14)21-12-2-1-3-18(13-23)22-17-10-6-15(20)7-11-17;18-13-1-5-15(6-2-13)20-11-9-17(22)10-12-21-16-7-3-14(19)4-8-16;18-13-3-7-15(8-4-13)20-11-1-2-17(22)12-21-16-9-5-14(19)6-10-16;17-11-1-5-13(6-2-11)19-9-15(21)16(22)10-20-14-7-3-12(18)4-8-14/h4-11,18,21-23H,1-3,12-13,19-20H2;1-8,17,20-22H,9-12,18-19H2;3-10,17,20-22H,1-2,11-12,18-19H2;1-8,15-16,19-22H,9-10,17-18H2. The van der Waals surface area contributed by atoms with E-state index in [0.29, 0.717) is 30.8 Å². The third kappa shape index (κ3) is 30.5. The first-order valence-corrected chi connectivity index (χ1v) is 30.1. The first-order valence-electron chi connectivity index (χ1n) is 30.1. The Hall–Kier alpha value is -9.64. The van der Waals surface area contributed by atoms with Gasteiger partial charge in [0.05, 0.1) is 31.0 Å². The van der Waals surface area contributed by atoms with E-state index >= 15 is 0 Å². The molecule has 8 aromatic carbocycles. The molecular weight excluding hydrogens is 1120 g/mol. The molecule has 0 aromatic heterocycles. The van der Waals surface area contributed by atoms with Crippen LogP contribution in [0.2, 0.25) is 0 Å². The van der Waals surface area contributed by atoms with E-state index in [1.165, 1.54) is 0 Å². The predicted octanol–water partition coefficient (Wildman–Crippen LogP) is 9.04. The molecule has 478 valence electrons. The fourth-order valence-corrected chi connectivity index (χ4v) is 8.52. The molecule has 0 aliphatic heterocycles. The number of nitrogen functional groups attached to an aromatic ring is 8. The van der Waals surface area contributed by atoms with Crippen LogP contribution in [0.15, 0.2) is 194 Å². The van der Waals surface area contributed by atoms with E-state index in [1.807, 2.05) is 170 Å². The van der Waals surface area contributed by atoms with Crippen molar-refractivity contribution in [3.8, 4) is 0 Å². The Morgan fingerprint density at radius 3 is 0.820 bits per heavy atom. The smallest absolute Gasteiger partial charge is 0.0988 e. The molecular formula is C68H96N16O5. The second-order valence-electron chi connectivity index (χ2n) is 21.5. The third-order valence-corrected chi connectivity index (χ3v) is 13.9. The number of unbranched alkanes of at least 4 members (excludes halogenated alkanes) is 1. The van der Waals surface area contributed by atoms with Crippen LogP contribution in [-0.2, 0) is 0 Å². The van der Waals surface area contributed by atoms with E-state index < -0.39 is 12.2 Å². The van der Waals surface area contributed by atoms with Gasteiger partial charge in [0.15, 0.2) is 0 Å². The van der Waals surface area contributed by atoms with Crippen molar-refractivity contribution in [1.82, 2.24) is 0 Å². The Kier molecular flexibility index (Phi) is 31.5. The first-order chi connectivity index (χ1) is 43.0. The summed E-state index contributed by atoms with van der Waals surface area (Å²) in [5, 5.41) is 75.2. The summed E-state index contributed by atoms with van der Waals surface area (Å²) in [4.78, 5) is 0. The summed E-state index contributed by atoms with van der Waals surface area (Å²) >= 11 is 0. The summed E-state index contributed by atoms with van der Waals surface area (Å²) < 4.78 is 0. The number of aliphatic hydroxyl groups excluding tert-OH is 5. The lowest BCUT2D eigenvalue weighted by Gasteiger charge is -2.20. The maximum Gasteiger partial charge on any atom is 0.0988 e. The van der Waals surface area contributed by atoms with Gasteiger partial charge < -0.3 is 114 Å². The first kappa shape index (κ1) is 70.1. The average molecular weight is 1220 g/mol. The molecule has 89 heavy (non-hydrogen) atoms. The van der Waals surface area contributed by atoms with Crippen LogP contribution in [0, 0.1) is 0 Å². The van der Waals surface area contributed by atoms with Crippen molar-refractivity contribution in [3.63, 3.8) is 0 Å². The zero-order chi connectivity index (χ0) is 64.0. The van der Waals surface area contributed by atoms with Crippen molar-refractivity contribution in [2.45, 2.75) is 75.4 Å². The molecule has 21 heteroatoms. The minimum Gasteiger partial charge on any atom is -0.399 e. The topological polar surface area (TPSA) is 406 Å². The highest BCUT2D eigenvalue weighted by atomic mass is 16.3. The van der Waals surface area contributed by atoms with Gasteiger partial charge in [-0.2, -0.15) is 0 Å². The van der Waals surface area contributed by atoms with Crippen LogP contribution < -0.4 is 88.4 Å². The lowest BCUT2D eigenvalue weighted by molar-refractivity contribution is 0.0363. The SMILES string of the molecule is Nc1ccc(NCC(O)C(O)CNc2ccc(N)cc2)cc1.Nc1ccc(NCCC(O)CCNc2ccc(N)cc2)cc1.Nc1ccc(NCCCC(O)CNc2ccc(N)cc2)cc1.Nc1ccc(NCCCCC(CO)Nc2ccc(N)cc2)cc1. The molecule has 4 atom stereocenters. The summed E-state index contributed by atoms with van der Waals surface area (Å²) in [5.74, 6) is 0. The van der Waals surface area contributed by atoms with Crippen molar-refractivity contribution >= 4 is 91.0 Å². The fourth-order valence-electron chi connectivity index (χ4n) is 8.52. The van der Waals surface area contributed by atoms with E-state index in [-0.39, 0.29) is 37.9 Å². The van der Waals surface area contributed by atoms with Crippen molar-refractivity contribution in [3.05, 3.63) is 194 Å². The highest BCUT2D eigenvalue weighted by Gasteiger charge is 2.16. The van der Waals surface area contributed by atoms with Crippen LogP contribution in [-0.4, -0.2) is 108 Å². The molecule has 0 fully saturated rings. The molecule has 21 nitrogen and oxygen atoms in total. The molecule has 0 saturated carbocycles. The predicted molar refractivity (Wildman–Crippen MR) is 377 cm³/mol. The van der Waals surface area contributed by atoms with Gasteiger partial charge in [0, 0.05) is 143 Å². The maximum absolute atomic E-state index is 9.97. The van der Waals surface area contributed by atoms with Gasteiger partial charge in [0.25, 0.3) is 0 Å². The van der Waals surface area contributed by atoms with E-state index in [1.54, 1.807) is 24.3 Å². The number of benzene rings is 8. The monoisotopic (exact) mass is 1220 g/mol. The zero-order valence-corrected chi connectivity index (χ0v) is 50.8. The van der Waals surface area contributed by atoms with Crippen molar-refractivity contribution in [1.29, 1.82) is 0 Å². The van der Waals surface area contributed by atoms with Gasteiger partial charge in [-0.25, -0.2) is 0 Å². The number of anilines is 16. The molecule has 0 bridgehead atoms. The molecule has 4 unspecified atom stereocenters. The number of nitrogens with one attached hydrogen (secondary N) is 8. The van der Waals surface area contributed by atoms with Crippen molar-refractivity contribution in [2.75, 3.05) is 141 Å². The number of rotatable bonds is 32. The van der Waals surface area contributed by atoms with E-state index in [2.05, 4.69) is 42.5 Å². The van der Waals surface area contributed by atoms with E-state index in [9.17, 15) is 25.5 Å². The summed E-state index contributed by atoms with van der Waals surface area (Å²) in [5.41, 5.74) is 58.7. The van der Waals surface area contributed by atoms with Gasteiger partial charge in [-0.15, -0.1) is 0 Å². The lowest BCUT2D eigenvalue weighted by Crippen LogP contribution is -2.37. The summed E-state index contributed by atoms with van der Waals surface area (Å²) in [6.45, 7) is 4.33. The Labute approximate surface area is 524 Å². The Balaban J connectivity index is 0.000000216. The zero-order valence-electron chi connectivity index (χ0n) is 50.8. The van der Waals surface area contributed by atoms with Crippen LogP contribution in [0.4, 0.5) is 91.0 Å². The van der Waals surface area contributed by atoms with Crippen LogP contribution in [0.3, 0.4) is 0 Å². The maximum atomic E-state index is 9.97. The minimum absolute atomic E-state index is 0.0650. The van der Waals surface area contributed by atoms with E-state index in [4.69, 9.17) is 45.9 Å². The Morgan fingerprint density at radius 1 is 0.258 bits per heavy atom. The highest BCUT2D eigenvalue weighted by molar-refractivity contribution is 5.57. The second kappa shape index (κ2) is 39.9. The lowest BCUT2D eigenvalue weighted by atomic mass is 10.1. The molecule has 0 heterocycles. The highest BCUT2D eigenvalue weighted by Crippen LogP contribution is 2.19. The van der Waals surface area contributed by atoms with Gasteiger partial charge in [0.1, 0.15) is 0 Å². The van der Waals surface area contributed by atoms with Crippen molar-refractivity contribution in [2.24, 2.45) is 0 Å². The Bertz CT molecular complexity index is 2990. The number of hydrogen-bond donors (Lipinski definition) is 21. The molecule has 0 saturated heterocycles. The summed E-state index contributed by atoms with van der Waals surface area (Å²) in [7, 11) is 0. The van der Waals surface area contributed by atoms with Gasteiger partial charge in [-0.3, -0.25) is 0 Å². The molecule has 8 rings (SSSR count). The average Bonchev–Trinajstić information content (AvgIpc) is 3.58. The quantitative estimate of drug-likeness (QED) is 0.0138. The molecule has 29 N–H and O–H groups in total. The van der Waals surface area contributed by atoms with Crippen LogP contribution in [0.1, 0.15) is 44.9 Å². The summed E-state index contributed by atoms with van der Waals surface area (Å²) in [6.07, 6.45) is 3.57. The summed E-state index contributed by atoms with van der Waals surface area (Å²) in [6, 6.07) is 60.0. The van der Waals surface area contributed by atoms with Crippen LogP contribution >= 0.6 is 0 Å². The van der Waals surface area contributed by atoms with Gasteiger partial charge in [0.2, 0.25) is 0 Å². The van der Waals surface area contributed by atoms with Crippen LogP contribution in [0.5, 0.6) is 0 Å². The van der Waals surface area contributed by atoms with Gasteiger partial charge in [-0.05, 0) is 239 Å². The molecule has 8 aromatic rings. The van der Waals surface area contributed by atoms with Crippen LogP contribution in [0.25, 0.3) is 0 Å². The molecule has 0 aliphatic carbocycles.